The summed E-state index contributed by atoms with van der Waals surface area (Å²) in [4.78, 5) is 25.6. The third-order valence-corrected chi connectivity index (χ3v) is 2.84. The lowest BCUT2D eigenvalue weighted by molar-refractivity contribution is -0.142. The molecule has 0 saturated heterocycles. The molecule has 0 fully saturated rings. The first-order chi connectivity index (χ1) is 10.6. The van der Waals surface area contributed by atoms with E-state index in [1.165, 1.54) is 19.1 Å². The van der Waals surface area contributed by atoms with E-state index in [1.54, 1.807) is 30.4 Å². The molecule has 0 aliphatic heterocycles. The number of anilines is 1. The molecule has 6 heteroatoms. The molecule has 6 nitrogen and oxygen atoms in total. The van der Waals surface area contributed by atoms with Crippen molar-refractivity contribution in [3.8, 4) is 11.5 Å². The molecular formula is C16H20N2O4. The summed E-state index contributed by atoms with van der Waals surface area (Å²) in [5, 5.41) is 2.53. The maximum atomic E-state index is 12.1. The van der Waals surface area contributed by atoms with Crippen molar-refractivity contribution < 1.29 is 19.1 Å². The SMILES string of the molecule is C=CCN(CC=C)C(=O)C(=O)Nc1cc(OC)ccc1OC. The Balaban J connectivity index is 2.92. The number of amides is 2. The highest BCUT2D eigenvalue weighted by atomic mass is 16.5. The van der Waals surface area contributed by atoms with Crippen LogP contribution >= 0.6 is 0 Å². The van der Waals surface area contributed by atoms with Gasteiger partial charge in [0.25, 0.3) is 0 Å². The number of carbonyl (C=O) groups is 2. The molecule has 0 aliphatic carbocycles. The van der Waals surface area contributed by atoms with Gasteiger partial charge < -0.3 is 19.7 Å². The molecule has 0 atom stereocenters. The van der Waals surface area contributed by atoms with Gasteiger partial charge in [-0.1, -0.05) is 12.2 Å². The second-order valence-corrected chi connectivity index (χ2v) is 4.31. The largest absolute Gasteiger partial charge is 0.497 e. The Morgan fingerprint density at radius 2 is 1.82 bits per heavy atom. The van der Waals surface area contributed by atoms with E-state index in [9.17, 15) is 9.59 Å². The Morgan fingerprint density at radius 1 is 1.18 bits per heavy atom. The molecule has 0 saturated carbocycles. The highest BCUT2D eigenvalue weighted by Crippen LogP contribution is 2.28. The van der Waals surface area contributed by atoms with Crippen LogP contribution in [0.3, 0.4) is 0 Å². The van der Waals surface area contributed by atoms with Crippen LogP contribution in [-0.2, 0) is 9.59 Å². The van der Waals surface area contributed by atoms with Crippen molar-refractivity contribution in [2.75, 3.05) is 32.6 Å². The van der Waals surface area contributed by atoms with Crippen molar-refractivity contribution in [1.29, 1.82) is 0 Å². The minimum absolute atomic E-state index is 0.257. The van der Waals surface area contributed by atoms with E-state index in [-0.39, 0.29) is 13.1 Å². The number of benzene rings is 1. The average Bonchev–Trinajstić information content (AvgIpc) is 2.53. The first kappa shape index (κ1) is 17.3. The van der Waals surface area contributed by atoms with Crippen LogP contribution in [0.5, 0.6) is 11.5 Å². The molecule has 1 aromatic rings. The molecule has 0 heterocycles. The molecule has 22 heavy (non-hydrogen) atoms. The molecular weight excluding hydrogens is 284 g/mol. The summed E-state index contributed by atoms with van der Waals surface area (Å²) in [5.41, 5.74) is 0.359. The summed E-state index contributed by atoms with van der Waals surface area (Å²) in [5.74, 6) is -0.474. The molecule has 0 aliphatic rings. The van der Waals surface area contributed by atoms with E-state index in [0.717, 1.165) is 0 Å². The third-order valence-electron chi connectivity index (χ3n) is 2.84. The van der Waals surface area contributed by atoms with Crippen LogP contribution in [0, 0.1) is 0 Å². The molecule has 118 valence electrons. The quantitative estimate of drug-likeness (QED) is 0.616. The van der Waals surface area contributed by atoms with Crippen LogP contribution in [-0.4, -0.2) is 44.0 Å². The molecule has 0 radical (unpaired) electrons. The molecule has 1 aromatic carbocycles. The Bertz CT molecular complexity index is 559. The van der Waals surface area contributed by atoms with Gasteiger partial charge in [-0.25, -0.2) is 0 Å². The minimum atomic E-state index is -0.768. The fourth-order valence-corrected chi connectivity index (χ4v) is 1.78. The standard InChI is InChI=1S/C16H20N2O4/c1-5-9-18(10-6-2)16(20)15(19)17-13-11-12(21-3)7-8-14(13)22-4/h5-8,11H,1-2,9-10H2,3-4H3,(H,17,19). The molecule has 1 rings (SSSR count). The maximum absolute atomic E-state index is 12.1. The second kappa shape index (κ2) is 8.51. The van der Waals surface area contributed by atoms with Gasteiger partial charge in [-0.2, -0.15) is 0 Å². The summed E-state index contributed by atoms with van der Waals surface area (Å²) < 4.78 is 10.2. The summed E-state index contributed by atoms with van der Waals surface area (Å²) in [6, 6.07) is 4.91. The lowest BCUT2D eigenvalue weighted by Gasteiger charge is -2.19. The van der Waals surface area contributed by atoms with Crippen LogP contribution in [0.25, 0.3) is 0 Å². The van der Waals surface area contributed by atoms with Gasteiger partial charge in [-0.3, -0.25) is 9.59 Å². The van der Waals surface area contributed by atoms with Crippen molar-refractivity contribution in [3.05, 3.63) is 43.5 Å². The highest BCUT2D eigenvalue weighted by molar-refractivity contribution is 6.39. The molecule has 0 bridgehead atoms. The fraction of sp³-hybridized carbons (Fsp3) is 0.250. The number of carbonyl (C=O) groups excluding carboxylic acids is 2. The third kappa shape index (κ3) is 4.37. The zero-order valence-electron chi connectivity index (χ0n) is 12.8. The van der Waals surface area contributed by atoms with Crippen LogP contribution < -0.4 is 14.8 Å². The molecule has 0 unspecified atom stereocenters. The van der Waals surface area contributed by atoms with Gasteiger partial charge in [-0.15, -0.1) is 13.2 Å². The molecule has 1 N–H and O–H groups in total. The zero-order chi connectivity index (χ0) is 16.5. The second-order valence-electron chi connectivity index (χ2n) is 4.31. The van der Waals surface area contributed by atoms with E-state index < -0.39 is 11.8 Å². The number of hydrogen-bond donors (Lipinski definition) is 1. The predicted octanol–water partition coefficient (Wildman–Crippen LogP) is 1.84. The summed E-state index contributed by atoms with van der Waals surface area (Å²) in [7, 11) is 2.98. The van der Waals surface area contributed by atoms with E-state index in [1.807, 2.05) is 0 Å². The zero-order valence-corrected chi connectivity index (χ0v) is 12.8. The fourth-order valence-electron chi connectivity index (χ4n) is 1.78. The lowest BCUT2D eigenvalue weighted by atomic mass is 10.2. The number of nitrogens with one attached hydrogen (secondary N) is 1. The molecule has 0 spiro atoms. The van der Waals surface area contributed by atoms with E-state index in [0.29, 0.717) is 17.2 Å². The van der Waals surface area contributed by atoms with E-state index in [4.69, 9.17) is 9.47 Å². The summed E-state index contributed by atoms with van der Waals surface area (Å²) in [6.07, 6.45) is 3.08. The predicted molar refractivity (Wildman–Crippen MR) is 85.1 cm³/mol. The topological polar surface area (TPSA) is 67.9 Å². The number of methoxy groups -OCH3 is 2. The summed E-state index contributed by atoms with van der Waals surface area (Å²) >= 11 is 0. The Labute approximate surface area is 130 Å². The Morgan fingerprint density at radius 3 is 2.32 bits per heavy atom. The number of hydrogen-bond acceptors (Lipinski definition) is 4. The normalized spacial score (nSPS) is 9.55. The van der Waals surface area contributed by atoms with Gasteiger partial charge in [0.15, 0.2) is 0 Å². The average molecular weight is 304 g/mol. The van der Waals surface area contributed by atoms with Gasteiger partial charge in [0.2, 0.25) is 0 Å². The van der Waals surface area contributed by atoms with Crippen molar-refractivity contribution in [2.24, 2.45) is 0 Å². The Kier molecular flexibility index (Phi) is 6.69. The van der Waals surface area contributed by atoms with Crippen molar-refractivity contribution in [1.82, 2.24) is 4.90 Å². The minimum Gasteiger partial charge on any atom is -0.497 e. The van der Waals surface area contributed by atoms with Gasteiger partial charge in [-0.05, 0) is 12.1 Å². The smallest absolute Gasteiger partial charge is 0.314 e. The lowest BCUT2D eigenvalue weighted by Crippen LogP contribution is -2.39. The van der Waals surface area contributed by atoms with Crippen LogP contribution in [0.1, 0.15) is 0 Å². The van der Waals surface area contributed by atoms with Crippen molar-refractivity contribution in [3.63, 3.8) is 0 Å². The van der Waals surface area contributed by atoms with Crippen LogP contribution in [0.2, 0.25) is 0 Å². The first-order valence-corrected chi connectivity index (χ1v) is 6.61. The van der Waals surface area contributed by atoms with Gasteiger partial charge in [0.1, 0.15) is 11.5 Å². The van der Waals surface area contributed by atoms with Gasteiger partial charge >= 0.3 is 11.8 Å². The Hall–Kier alpha value is -2.76. The maximum Gasteiger partial charge on any atom is 0.314 e. The molecule has 0 aromatic heterocycles. The van der Waals surface area contributed by atoms with Gasteiger partial charge in [0, 0.05) is 19.2 Å². The highest BCUT2D eigenvalue weighted by Gasteiger charge is 2.21. The first-order valence-electron chi connectivity index (χ1n) is 6.61. The van der Waals surface area contributed by atoms with Crippen LogP contribution in [0.15, 0.2) is 43.5 Å². The summed E-state index contributed by atoms with van der Waals surface area (Å²) in [6.45, 7) is 7.64. The number of ether oxygens (including phenoxy) is 2. The van der Waals surface area contributed by atoms with Crippen LogP contribution in [0.4, 0.5) is 5.69 Å². The number of nitrogens with zero attached hydrogens (tertiary/aromatic N) is 1. The van der Waals surface area contributed by atoms with Crippen molar-refractivity contribution in [2.45, 2.75) is 0 Å². The van der Waals surface area contributed by atoms with Crippen molar-refractivity contribution >= 4 is 17.5 Å². The van der Waals surface area contributed by atoms with E-state index in [2.05, 4.69) is 18.5 Å². The van der Waals surface area contributed by atoms with Gasteiger partial charge in [0.05, 0.1) is 19.9 Å². The van der Waals surface area contributed by atoms with E-state index >= 15 is 0 Å². The molecule has 2 amide bonds. The number of rotatable bonds is 7. The monoisotopic (exact) mass is 304 g/mol.